The standard InChI is InChI=1S/C14H12ClF2NOS/c15-11-7-10(5-6-12(11)18)20-8-9-3-1-2-4-13(9)19-14(16)17/h1-7,14H,8,18H2. The van der Waals surface area contributed by atoms with E-state index in [1.165, 1.54) is 17.8 Å². The van der Waals surface area contributed by atoms with E-state index in [9.17, 15) is 8.78 Å². The van der Waals surface area contributed by atoms with Crippen molar-refractivity contribution in [3.63, 3.8) is 0 Å². The maximum absolute atomic E-state index is 12.3. The van der Waals surface area contributed by atoms with Gasteiger partial charge in [0.1, 0.15) is 5.75 Å². The molecule has 0 heterocycles. The van der Waals surface area contributed by atoms with E-state index in [-0.39, 0.29) is 5.75 Å². The predicted molar refractivity (Wildman–Crippen MR) is 78.5 cm³/mol. The molecule has 2 aromatic rings. The van der Waals surface area contributed by atoms with Gasteiger partial charge in [0.05, 0.1) is 10.7 Å². The molecule has 20 heavy (non-hydrogen) atoms. The molecule has 0 spiro atoms. The maximum Gasteiger partial charge on any atom is 0.387 e. The number of rotatable bonds is 5. The van der Waals surface area contributed by atoms with Gasteiger partial charge in [-0.3, -0.25) is 0 Å². The minimum absolute atomic E-state index is 0.191. The fraction of sp³-hybridized carbons (Fsp3) is 0.143. The topological polar surface area (TPSA) is 35.2 Å². The average molecular weight is 316 g/mol. The van der Waals surface area contributed by atoms with Crippen LogP contribution in [0.3, 0.4) is 0 Å². The molecule has 0 amide bonds. The van der Waals surface area contributed by atoms with Crippen molar-refractivity contribution in [2.75, 3.05) is 5.73 Å². The SMILES string of the molecule is Nc1ccc(SCc2ccccc2OC(F)F)cc1Cl. The van der Waals surface area contributed by atoms with Crippen molar-refractivity contribution >= 4 is 29.1 Å². The highest BCUT2D eigenvalue weighted by atomic mass is 35.5. The smallest absolute Gasteiger partial charge is 0.387 e. The first-order chi connectivity index (χ1) is 9.56. The Hall–Kier alpha value is -1.46. The second kappa shape index (κ2) is 6.81. The molecule has 0 fully saturated rings. The van der Waals surface area contributed by atoms with Crippen molar-refractivity contribution in [2.24, 2.45) is 0 Å². The van der Waals surface area contributed by atoms with E-state index in [4.69, 9.17) is 17.3 Å². The molecule has 0 unspecified atom stereocenters. The van der Waals surface area contributed by atoms with Crippen LogP contribution in [-0.4, -0.2) is 6.61 Å². The number of nitrogen functional groups attached to an aromatic ring is 1. The van der Waals surface area contributed by atoms with Crippen LogP contribution >= 0.6 is 23.4 Å². The Balaban J connectivity index is 2.08. The molecule has 0 aliphatic rings. The molecule has 2 nitrogen and oxygen atoms in total. The molecule has 0 bridgehead atoms. The molecule has 6 heteroatoms. The second-order valence-corrected chi connectivity index (χ2v) is 5.41. The summed E-state index contributed by atoms with van der Waals surface area (Å²) in [5.41, 5.74) is 6.84. The van der Waals surface area contributed by atoms with Crippen LogP contribution < -0.4 is 10.5 Å². The van der Waals surface area contributed by atoms with E-state index in [2.05, 4.69) is 4.74 Å². The monoisotopic (exact) mass is 315 g/mol. The largest absolute Gasteiger partial charge is 0.435 e. The zero-order valence-electron chi connectivity index (χ0n) is 10.4. The summed E-state index contributed by atoms with van der Waals surface area (Å²) in [5, 5.41) is 0.479. The summed E-state index contributed by atoms with van der Waals surface area (Å²) in [6.07, 6.45) is 0. The quantitative estimate of drug-likeness (QED) is 0.635. The molecule has 2 aromatic carbocycles. The van der Waals surface area contributed by atoms with Crippen molar-refractivity contribution < 1.29 is 13.5 Å². The van der Waals surface area contributed by atoms with E-state index in [1.807, 2.05) is 6.07 Å². The van der Waals surface area contributed by atoms with Gasteiger partial charge in [-0.25, -0.2) is 0 Å². The summed E-state index contributed by atoms with van der Waals surface area (Å²) < 4.78 is 29.1. The predicted octanol–water partition coefficient (Wildman–Crippen LogP) is 4.82. The van der Waals surface area contributed by atoms with E-state index in [1.54, 1.807) is 30.3 Å². The molecular weight excluding hydrogens is 304 g/mol. The summed E-state index contributed by atoms with van der Waals surface area (Å²) in [4.78, 5) is 0.913. The molecule has 106 valence electrons. The van der Waals surface area contributed by atoms with Gasteiger partial charge in [-0.2, -0.15) is 8.78 Å². The summed E-state index contributed by atoms with van der Waals surface area (Å²) in [6.45, 7) is -2.83. The lowest BCUT2D eigenvalue weighted by Crippen LogP contribution is -2.03. The average Bonchev–Trinajstić information content (AvgIpc) is 2.41. The highest BCUT2D eigenvalue weighted by Crippen LogP contribution is 2.31. The van der Waals surface area contributed by atoms with Gasteiger partial charge in [0.2, 0.25) is 0 Å². The molecule has 0 saturated carbocycles. The number of para-hydroxylation sites is 1. The van der Waals surface area contributed by atoms with E-state index in [0.717, 1.165) is 4.90 Å². The zero-order chi connectivity index (χ0) is 14.5. The fourth-order valence-electron chi connectivity index (χ4n) is 1.59. The Morgan fingerprint density at radius 2 is 1.95 bits per heavy atom. The molecule has 2 rings (SSSR count). The second-order valence-electron chi connectivity index (χ2n) is 3.96. The van der Waals surface area contributed by atoms with Crippen LogP contribution in [0.4, 0.5) is 14.5 Å². The number of ether oxygens (including phenoxy) is 1. The third-order valence-electron chi connectivity index (χ3n) is 2.55. The summed E-state index contributed by atoms with van der Waals surface area (Å²) in [6, 6.07) is 12.0. The minimum atomic E-state index is -2.83. The summed E-state index contributed by atoms with van der Waals surface area (Å²) in [7, 11) is 0. The summed E-state index contributed by atoms with van der Waals surface area (Å²) >= 11 is 7.41. The normalized spacial score (nSPS) is 10.8. The van der Waals surface area contributed by atoms with Crippen LogP contribution in [0.15, 0.2) is 47.4 Å². The first-order valence-electron chi connectivity index (χ1n) is 5.77. The van der Waals surface area contributed by atoms with Crippen LogP contribution in [0.25, 0.3) is 0 Å². The van der Waals surface area contributed by atoms with Crippen molar-refractivity contribution in [3.8, 4) is 5.75 Å². The van der Waals surface area contributed by atoms with Crippen LogP contribution in [-0.2, 0) is 5.75 Å². The van der Waals surface area contributed by atoms with Crippen LogP contribution in [0.2, 0.25) is 5.02 Å². The van der Waals surface area contributed by atoms with Crippen molar-refractivity contribution in [1.29, 1.82) is 0 Å². The third kappa shape index (κ3) is 4.02. The Bertz CT molecular complexity index is 595. The number of anilines is 1. The number of thioether (sulfide) groups is 1. The van der Waals surface area contributed by atoms with Crippen LogP contribution in [0, 0.1) is 0 Å². The summed E-state index contributed by atoms with van der Waals surface area (Å²) in [5.74, 6) is 0.694. The van der Waals surface area contributed by atoms with Gasteiger partial charge in [0, 0.05) is 16.2 Å². The van der Waals surface area contributed by atoms with Gasteiger partial charge < -0.3 is 10.5 Å². The maximum atomic E-state index is 12.3. The van der Waals surface area contributed by atoms with Crippen LogP contribution in [0.5, 0.6) is 5.75 Å². The highest BCUT2D eigenvalue weighted by molar-refractivity contribution is 7.98. The van der Waals surface area contributed by atoms with Crippen LogP contribution in [0.1, 0.15) is 5.56 Å². The van der Waals surface area contributed by atoms with Crippen molar-refractivity contribution in [3.05, 3.63) is 53.1 Å². The molecule has 0 saturated heterocycles. The van der Waals surface area contributed by atoms with Gasteiger partial charge in [-0.15, -0.1) is 11.8 Å². The van der Waals surface area contributed by atoms with E-state index < -0.39 is 6.61 Å². The fourth-order valence-corrected chi connectivity index (χ4v) is 2.76. The third-order valence-corrected chi connectivity index (χ3v) is 3.92. The molecular formula is C14H12ClF2NOS. The van der Waals surface area contributed by atoms with Gasteiger partial charge in [-0.05, 0) is 24.3 Å². The Kier molecular flexibility index (Phi) is 5.09. The Labute approximate surface area is 124 Å². The first kappa shape index (κ1) is 14.9. The van der Waals surface area contributed by atoms with Gasteiger partial charge in [0.15, 0.2) is 0 Å². The number of halogens is 3. The molecule has 0 aliphatic carbocycles. The van der Waals surface area contributed by atoms with Gasteiger partial charge >= 0.3 is 6.61 Å². The molecule has 0 aliphatic heterocycles. The molecule has 0 aromatic heterocycles. The zero-order valence-corrected chi connectivity index (χ0v) is 11.9. The lowest BCUT2D eigenvalue weighted by molar-refractivity contribution is -0.0503. The Morgan fingerprint density at radius 3 is 2.65 bits per heavy atom. The van der Waals surface area contributed by atoms with Gasteiger partial charge in [0.25, 0.3) is 0 Å². The number of nitrogens with two attached hydrogens (primary N) is 1. The number of benzene rings is 2. The van der Waals surface area contributed by atoms with E-state index >= 15 is 0 Å². The molecule has 0 atom stereocenters. The molecule has 2 N–H and O–H groups in total. The number of hydrogen-bond acceptors (Lipinski definition) is 3. The Morgan fingerprint density at radius 1 is 1.20 bits per heavy atom. The first-order valence-corrected chi connectivity index (χ1v) is 7.13. The van der Waals surface area contributed by atoms with Crippen molar-refractivity contribution in [2.45, 2.75) is 17.3 Å². The van der Waals surface area contributed by atoms with E-state index in [0.29, 0.717) is 22.0 Å². The lowest BCUT2D eigenvalue weighted by atomic mass is 10.2. The molecule has 0 radical (unpaired) electrons. The van der Waals surface area contributed by atoms with Gasteiger partial charge in [-0.1, -0.05) is 29.8 Å². The number of hydrogen-bond donors (Lipinski definition) is 1. The minimum Gasteiger partial charge on any atom is -0.435 e. The number of alkyl halides is 2. The lowest BCUT2D eigenvalue weighted by Gasteiger charge is -2.10. The highest BCUT2D eigenvalue weighted by Gasteiger charge is 2.09. The van der Waals surface area contributed by atoms with Crippen molar-refractivity contribution in [1.82, 2.24) is 0 Å².